The van der Waals surface area contributed by atoms with E-state index in [1.807, 2.05) is 24.6 Å². The van der Waals surface area contributed by atoms with Crippen molar-refractivity contribution >= 4 is 28.6 Å². The lowest BCUT2D eigenvalue weighted by atomic mass is 10.2. The van der Waals surface area contributed by atoms with Gasteiger partial charge in [0.25, 0.3) is 0 Å². The number of amides is 1. The molecule has 2 rings (SSSR count). The van der Waals surface area contributed by atoms with Crippen LogP contribution < -0.4 is 4.90 Å². The Bertz CT molecular complexity index is 645. The van der Waals surface area contributed by atoms with Gasteiger partial charge >= 0.3 is 11.9 Å². The molecule has 94 valence electrons. The van der Waals surface area contributed by atoms with E-state index in [1.165, 1.54) is 7.05 Å². The monoisotopic (exact) mass is 247 g/mol. The van der Waals surface area contributed by atoms with E-state index in [0.29, 0.717) is 5.69 Å². The van der Waals surface area contributed by atoms with Gasteiger partial charge in [-0.2, -0.15) is 0 Å². The van der Waals surface area contributed by atoms with Crippen LogP contribution in [0.2, 0.25) is 0 Å². The molecule has 2 aromatic rings. The standard InChI is InChI=1S/C12H13N3O3/c1-7-13-9-6-8(4-5-10(9)14(7)2)15(3)11(16)12(17)18/h4-6H,1-3H3,(H,17,18). The van der Waals surface area contributed by atoms with Crippen LogP contribution in [-0.2, 0) is 16.6 Å². The molecule has 1 amide bonds. The number of carboxylic acid groups (broad SMARTS) is 1. The van der Waals surface area contributed by atoms with E-state index in [1.54, 1.807) is 12.1 Å². The topological polar surface area (TPSA) is 75.4 Å². The number of imidazole rings is 1. The van der Waals surface area contributed by atoms with Crippen LogP contribution in [0.15, 0.2) is 18.2 Å². The summed E-state index contributed by atoms with van der Waals surface area (Å²) in [6.07, 6.45) is 0. The van der Waals surface area contributed by atoms with Gasteiger partial charge in [-0.05, 0) is 25.1 Å². The Kier molecular flexibility index (Phi) is 2.78. The maximum atomic E-state index is 11.4. The van der Waals surface area contributed by atoms with E-state index in [0.717, 1.165) is 21.8 Å². The summed E-state index contributed by atoms with van der Waals surface area (Å²) in [5.74, 6) is -1.59. The zero-order valence-electron chi connectivity index (χ0n) is 10.3. The van der Waals surface area contributed by atoms with E-state index in [-0.39, 0.29) is 0 Å². The summed E-state index contributed by atoms with van der Waals surface area (Å²) >= 11 is 0. The van der Waals surface area contributed by atoms with Crippen molar-refractivity contribution in [2.75, 3.05) is 11.9 Å². The van der Waals surface area contributed by atoms with Gasteiger partial charge in [0.1, 0.15) is 5.82 Å². The maximum absolute atomic E-state index is 11.4. The summed E-state index contributed by atoms with van der Waals surface area (Å²) in [5.41, 5.74) is 2.18. The zero-order chi connectivity index (χ0) is 13.4. The third-order valence-corrected chi connectivity index (χ3v) is 2.96. The number of nitrogens with zero attached hydrogens (tertiary/aromatic N) is 3. The smallest absolute Gasteiger partial charge is 0.394 e. The Balaban J connectivity index is 2.47. The Morgan fingerprint density at radius 3 is 2.67 bits per heavy atom. The van der Waals surface area contributed by atoms with Gasteiger partial charge in [0.2, 0.25) is 0 Å². The molecule has 0 radical (unpaired) electrons. The van der Waals surface area contributed by atoms with Crippen molar-refractivity contribution in [2.24, 2.45) is 7.05 Å². The molecule has 0 saturated heterocycles. The fourth-order valence-corrected chi connectivity index (χ4v) is 1.78. The van der Waals surface area contributed by atoms with E-state index >= 15 is 0 Å². The summed E-state index contributed by atoms with van der Waals surface area (Å²) in [6.45, 7) is 1.88. The van der Waals surface area contributed by atoms with Crippen LogP contribution in [0.1, 0.15) is 5.82 Å². The minimum atomic E-state index is -1.48. The molecule has 1 heterocycles. The predicted molar refractivity (Wildman–Crippen MR) is 66.5 cm³/mol. The van der Waals surface area contributed by atoms with E-state index in [2.05, 4.69) is 4.98 Å². The van der Waals surface area contributed by atoms with Crippen molar-refractivity contribution in [1.29, 1.82) is 0 Å². The van der Waals surface area contributed by atoms with Crippen molar-refractivity contribution < 1.29 is 14.7 Å². The summed E-state index contributed by atoms with van der Waals surface area (Å²) in [6, 6.07) is 5.21. The summed E-state index contributed by atoms with van der Waals surface area (Å²) in [7, 11) is 3.32. The number of fused-ring (bicyclic) bond motifs is 1. The number of carbonyl (C=O) groups is 2. The average Bonchev–Trinajstić information content (AvgIpc) is 2.62. The molecule has 1 aromatic heterocycles. The molecular formula is C12H13N3O3. The number of aliphatic carboxylic acids is 1. The van der Waals surface area contributed by atoms with Gasteiger partial charge in [-0.25, -0.2) is 9.78 Å². The van der Waals surface area contributed by atoms with Gasteiger partial charge in [0.05, 0.1) is 11.0 Å². The molecular weight excluding hydrogens is 234 g/mol. The largest absolute Gasteiger partial charge is 0.474 e. The number of anilines is 1. The second-order valence-corrected chi connectivity index (χ2v) is 4.06. The van der Waals surface area contributed by atoms with Gasteiger partial charge in [-0.1, -0.05) is 0 Å². The maximum Gasteiger partial charge on any atom is 0.394 e. The summed E-state index contributed by atoms with van der Waals surface area (Å²) in [5, 5.41) is 8.66. The molecule has 1 aromatic carbocycles. The highest BCUT2D eigenvalue weighted by atomic mass is 16.4. The SMILES string of the molecule is Cc1nc2cc(N(C)C(=O)C(=O)O)ccc2n1C. The molecule has 0 bridgehead atoms. The normalized spacial score (nSPS) is 10.6. The first-order chi connectivity index (χ1) is 8.41. The minimum Gasteiger partial charge on any atom is -0.474 e. The second kappa shape index (κ2) is 4.14. The third-order valence-electron chi connectivity index (χ3n) is 2.96. The van der Waals surface area contributed by atoms with Gasteiger partial charge in [-0.15, -0.1) is 0 Å². The van der Waals surface area contributed by atoms with Crippen LogP contribution in [-0.4, -0.2) is 33.6 Å². The highest BCUT2D eigenvalue weighted by Gasteiger charge is 2.19. The number of aromatic nitrogens is 2. The van der Waals surface area contributed by atoms with Gasteiger partial charge in [0.15, 0.2) is 0 Å². The number of hydrogen-bond acceptors (Lipinski definition) is 3. The predicted octanol–water partition coefficient (Wildman–Crippen LogP) is 0.929. The Morgan fingerprint density at radius 2 is 2.06 bits per heavy atom. The van der Waals surface area contributed by atoms with Crippen molar-refractivity contribution in [3.8, 4) is 0 Å². The first kappa shape index (κ1) is 12.1. The first-order valence-corrected chi connectivity index (χ1v) is 5.36. The first-order valence-electron chi connectivity index (χ1n) is 5.36. The Hall–Kier alpha value is -2.37. The molecule has 18 heavy (non-hydrogen) atoms. The minimum absolute atomic E-state index is 0.507. The van der Waals surface area contributed by atoms with Crippen LogP contribution in [0.5, 0.6) is 0 Å². The number of hydrogen-bond donors (Lipinski definition) is 1. The van der Waals surface area contributed by atoms with Crippen LogP contribution in [0.25, 0.3) is 11.0 Å². The quantitative estimate of drug-likeness (QED) is 0.760. The van der Waals surface area contributed by atoms with Crippen LogP contribution in [0.4, 0.5) is 5.69 Å². The highest BCUT2D eigenvalue weighted by molar-refractivity contribution is 6.37. The molecule has 0 spiro atoms. The zero-order valence-corrected chi connectivity index (χ0v) is 10.3. The molecule has 0 fully saturated rings. The van der Waals surface area contributed by atoms with Gasteiger partial charge < -0.3 is 14.6 Å². The molecule has 0 saturated carbocycles. The van der Waals surface area contributed by atoms with Gasteiger partial charge in [0, 0.05) is 19.8 Å². The van der Waals surface area contributed by atoms with Crippen molar-refractivity contribution in [2.45, 2.75) is 6.92 Å². The van der Waals surface area contributed by atoms with Crippen molar-refractivity contribution in [3.05, 3.63) is 24.0 Å². The Morgan fingerprint density at radius 1 is 1.39 bits per heavy atom. The molecule has 0 atom stereocenters. The Labute approximate surface area is 103 Å². The van der Waals surface area contributed by atoms with E-state index in [4.69, 9.17) is 5.11 Å². The third kappa shape index (κ3) is 1.81. The second-order valence-electron chi connectivity index (χ2n) is 4.06. The molecule has 0 aliphatic rings. The number of aryl methyl sites for hydroxylation is 2. The molecule has 0 aliphatic heterocycles. The molecule has 6 nitrogen and oxygen atoms in total. The fraction of sp³-hybridized carbons (Fsp3) is 0.250. The number of carbonyl (C=O) groups excluding carboxylic acids is 1. The van der Waals surface area contributed by atoms with Gasteiger partial charge in [-0.3, -0.25) is 4.79 Å². The summed E-state index contributed by atoms with van der Waals surface area (Å²) < 4.78 is 1.93. The number of carboxylic acids is 1. The van der Waals surface area contributed by atoms with Crippen molar-refractivity contribution in [1.82, 2.24) is 9.55 Å². The van der Waals surface area contributed by atoms with Crippen molar-refractivity contribution in [3.63, 3.8) is 0 Å². The number of benzene rings is 1. The lowest BCUT2D eigenvalue weighted by Gasteiger charge is -2.14. The average molecular weight is 247 g/mol. The fourth-order valence-electron chi connectivity index (χ4n) is 1.78. The highest BCUT2D eigenvalue weighted by Crippen LogP contribution is 2.21. The molecule has 1 N–H and O–H groups in total. The number of likely N-dealkylation sites (N-methyl/N-ethyl adjacent to an activating group) is 1. The van der Waals surface area contributed by atoms with Crippen LogP contribution in [0.3, 0.4) is 0 Å². The molecule has 0 unspecified atom stereocenters. The molecule has 0 aliphatic carbocycles. The number of rotatable bonds is 1. The van der Waals surface area contributed by atoms with E-state index in [9.17, 15) is 9.59 Å². The van der Waals surface area contributed by atoms with Crippen LogP contribution >= 0.6 is 0 Å². The van der Waals surface area contributed by atoms with E-state index < -0.39 is 11.9 Å². The summed E-state index contributed by atoms with van der Waals surface area (Å²) in [4.78, 5) is 27.4. The van der Waals surface area contributed by atoms with Crippen LogP contribution in [0, 0.1) is 6.92 Å². The molecule has 6 heteroatoms. The lowest BCUT2D eigenvalue weighted by Crippen LogP contribution is -2.32. The lowest BCUT2D eigenvalue weighted by molar-refractivity contribution is -0.148.